The molecule has 1 nitrogen and oxygen atoms in total. The lowest BCUT2D eigenvalue weighted by Gasteiger charge is -2.19. The van der Waals surface area contributed by atoms with Crippen molar-refractivity contribution in [3.63, 3.8) is 0 Å². The molecule has 0 aliphatic carbocycles. The molecule has 2 heteroatoms. The summed E-state index contributed by atoms with van der Waals surface area (Å²) >= 11 is 0. The van der Waals surface area contributed by atoms with Crippen molar-refractivity contribution >= 4 is 0 Å². The van der Waals surface area contributed by atoms with Gasteiger partial charge in [0.2, 0.25) is 0 Å². The molecule has 1 rings (SSSR count). The molecular weight excluding hydrogens is 201 g/mol. The molecule has 2 N–H and O–H groups in total. The standard InChI is InChI=1S/C14H22FN/c1-4-5-10(2)8-14(16)13-9-12(15)7-6-11(13)3/h6-7,9-10,14H,4-5,8,16H2,1-3H3. The van der Waals surface area contributed by atoms with Crippen molar-refractivity contribution in [3.8, 4) is 0 Å². The Morgan fingerprint density at radius 2 is 2.06 bits per heavy atom. The van der Waals surface area contributed by atoms with Crippen LogP contribution in [-0.4, -0.2) is 0 Å². The number of nitrogens with two attached hydrogens (primary N) is 1. The zero-order valence-electron chi connectivity index (χ0n) is 10.5. The molecule has 90 valence electrons. The van der Waals surface area contributed by atoms with Crippen LogP contribution in [0.1, 0.15) is 50.3 Å². The Bertz CT molecular complexity index is 336. The van der Waals surface area contributed by atoms with Gasteiger partial charge in [-0.2, -0.15) is 0 Å². The van der Waals surface area contributed by atoms with Crippen molar-refractivity contribution in [2.24, 2.45) is 11.7 Å². The Kier molecular flexibility index (Phi) is 4.94. The van der Waals surface area contributed by atoms with Gasteiger partial charge in [0.1, 0.15) is 5.82 Å². The SMILES string of the molecule is CCCC(C)CC(N)c1cc(F)ccc1C. The van der Waals surface area contributed by atoms with Crippen LogP contribution in [0, 0.1) is 18.7 Å². The van der Waals surface area contributed by atoms with Gasteiger partial charge in [0.25, 0.3) is 0 Å². The van der Waals surface area contributed by atoms with Gasteiger partial charge in [-0.25, -0.2) is 4.39 Å². The molecule has 0 saturated carbocycles. The van der Waals surface area contributed by atoms with E-state index in [1.165, 1.54) is 18.9 Å². The number of aryl methyl sites for hydroxylation is 1. The Morgan fingerprint density at radius 3 is 2.69 bits per heavy atom. The fourth-order valence-corrected chi connectivity index (χ4v) is 2.18. The topological polar surface area (TPSA) is 26.0 Å². The zero-order valence-corrected chi connectivity index (χ0v) is 10.5. The van der Waals surface area contributed by atoms with Gasteiger partial charge in [-0.3, -0.25) is 0 Å². The van der Waals surface area contributed by atoms with E-state index in [2.05, 4.69) is 13.8 Å². The van der Waals surface area contributed by atoms with E-state index >= 15 is 0 Å². The highest BCUT2D eigenvalue weighted by atomic mass is 19.1. The van der Waals surface area contributed by atoms with Crippen LogP contribution in [0.2, 0.25) is 0 Å². The first-order valence-electron chi connectivity index (χ1n) is 6.06. The van der Waals surface area contributed by atoms with Crippen LogP contribution in [0.3, 0.4) is 0 Å². The molecule has 2 unspecified atom stereocenters. The summed E-state index contributed by atoms with van der Waals surface area (Å²) in [5.41, 5.74) is 8.16. The molecule has 0 saturated heterocycles. The normalized spacial score (nSPS) is 14.8. The quantitative estimate of drug-likeness (QED) is 0.803. The van der Waals surface area contributed by atoms with Crippen LogP contribution in [0.4, 0.5) is 4.39 Å². The summed E-state index contributed by atoms with van der Waals surface area (Å²) in [5, 5.41) is 0. The largest absolute Gasteiger partial charge is 0.324 e. The van der Waals surface area contributed by atoms with Crippen LogP contribution in [0.15, 0.2) is 18.2 Å². The summed E-state index contributed by atoms with van der Waals surface area (Å²) in [7, 11) is 0. The number of hydrogen-bond donors (Lipinski definition) is 1. The molecular formula is C14H22FN. The highest BCUT2D eigenvalue weighted by molar-refractivity contribution is 5.29. The van der Waals surface area contributed by atoms with Gasteiger partial charge < -0.3 is 5.73 Å². The summed E-state index contributed by atoms with van der Waals surface area (Å²) in [5.74, 6) is 0.405. The van der Waals surface area contributed by atoms with Gasteiger partial charge in [-0.15, -0.1) is 0 Å². The third kappa shape index (κ3) is 3.60. The summed E-state index contributed by atoms with van der Waals surface area (Å²) in [6.45, 7) is 6.37. The number of benzene rings is 1. The van der Waals surface area contributed by atoms with E-state index in [1.54, 1.807) is 12.1 Å². The van der Waals surface area contributed by atoms with Crippen LogP contribution in [0.25, 0.3) is 0 Å². The third-order valence-corrected chi connectivity index (χ3v) is 3.08. The van der Waals surface area contributed by atoms with E-state index in [4.69, 9.17) is 5.73 Å². The van der Waals surface area contributed by atoms with Crippen molar-refractivity contribution in [3.05, 3.63) is 35.1 Å². The molecule has 0 amide bonds. The molecule has 1 aromatic rings. The molecule has 0 bridgehead atoms. The maximum atomic E-state index is 13.1. The summed E-state index contributed by atoms with van der Waals surface area (Å²) in [6.07, 6.45) is 3.29. The minimum atomic E-state index is -0.195. The highest BCUT2D eigenvalue weighted by Crippen LogP contribution is 2.24. The first-order chi connectivity index (χ1) is 7.54. The van der Waals surface area contributed by atoms with Crippen LogP contribution >= 0.6 is 0 Å². The van der Waals surface area contributed by atoms with Crippen LogP contribution in [-0.2, 0) is 0 Å². The second-order valence-corrected chi connectivity index (χ2v) is 4.74. The van der Waals surface area contributed by atoms with Gasteiger partial charge in [0, 0.05) is 6.04 Å². The van der Waals surface area contributed by atoms with E-state index in [0.29, 0.717) is 5.92 Å². The Hall–Kier alpha value is -0.890. The lowest BCUT2D eigenvalue weighted by molar-refractivity contribution is 0.438. The molecule has 16 heavy (non-hydrogen) atoms. The van der Waals surface area contributed by atoms with Gasteiger partial charge in [-0.05, 0) is 42.5 Å². The molecule has 0 aliphatic heterocycles. The van der Waals surface area contributed by atoms with Gasteiger partial charge in [0.05, 0.1) is 0 Å². The molecule has 0 aliphatic rings. The monoisotopic (exact) mass is 223 g/mol. The van der Waals surface area contributed by atoms with Crippen molar-refractivity contribution < 1.29 is 4.39 Å². The predicted octanol–water partition coefficient (Wildman–Crippen LogP) is 3.96. The van der Waals surface area contributed by atoms with E-state index < -0.39 is 0 Å². The van der Waals surface area contributed by atoms with Crippen molar-refractivity contribution in [1.29, 1.82) is 0 Å². The molecule has 0 heterocycles. The maximum Gasteiger partial charge on any atom is 0.123 e. The van der Waals surface area contributed by atoms with Crippen molar-refractivity contribution in [2.75, 3.05) is 0 Å². The van der Waals surface area contributed by atoms with Crippen molar-refractivity contribution in [2.45, 2.75) is 46.1 Å². The Labute approximate surface area is 97.9 Å². The first-order valence-corrected chi connectivity index (χ1v) is 6.06. The summed E-state index contributed by atoms with van der Waals surface area (Å²) in [6, 6.07) is 4.81. The van der Waals surface area contributed by atoms with Gasteiger partial charge >= 0.3 is 0 Å². The Morgan fingerprint density at radius 1 is 1.38 bits per heavy atom. The minimum Gasteiger partial charge on any atom is -0.324 e. The smallest absolute Gasteiger partial charge is 0.123 e. The second kappa shape index (κ2) is 6.00. The van der Waals surface area contributed by atoms with Gasteiger partial charge in [0.15, 0.2) is 0 Å². The fourth-order valence-electron chi connectivity index (χ4n) is 2.18. The maximum absolute atomic E-state index is 13.1. The van der Waals surface area contributed by atoms with E-state index in [0.717, 1.165) is 17.5 Å². The fraction of sp³-hybridized carbons (Fsp3) is 0.571. The van der Waals surface area contributed by atoms with E-state index in [9.17, 15) is 4.39 Å². The molecule has 0 aromatic heterocycles. The molecule has 1 aromatic carbocycles. The lowest BCUT2D eigenvalue weighted by Crippen LogP contribution is -2.15. The Balaban J connectivity index is 2.72. The number of hydrogen-bond acceptors (Lipinski definition) is 1. The number of halogens is 1. The lowest BCUT2D eigenvalue weighted by atomic mass is 9.91. The third-order valence-electron chi connectivity index (χ3n) is 3.08. The van der Waals surface area contributed by atoms with Crippen LogP contribution in [0.5, 0.6) is 0 Å². The first kappa shape index (κ1) is 13.2. The van der Waals surface area contributed by atoms with Gasteiger partial charge in [-0.1, -0.05) is 32.8 Å². The number of rotatable bonds is 5. The zero-order chi connectivity index (χ0) is 12.1. The van der Waals surface area contributed by atoms with Crippen LogP contribution < -0.4 is 5.73 Å². The van der Waals surface area contributed by atoms with E-state index in [1.807, 2.05) is 6.92 Å². The summed E-state index contributed by atoms with van der Waals surface area (Å²) < 4.78 is 13.1. The second-order valence-electron chi connectivity index (χ2n) is 4.74. The molecule has 0 spiro atoms. The minimum absolute atomic E-state index is 0.0442. The highest BCUT2D eigenvalue weighted by Gasteiger charge is 2.13. The molecule has 0 radical (unpaired) electrons. The molecule has 2 atom stereocenters. The van der Waals surface area contributed by atoms with E-state index in [-0.39, 0.29) is 11.9 Å². The van der Waals surface area contributed by atoms with Crippen molar-refractivity contribution in [1.82, 2.24) is 0 Å². The summed E-state index contributed by atoms with van der Waals surface area (Å²) in [4.78, 5) is 0. The predicted molar refractivity (Wildman–Crippen MR) is 66.8 cm³/mol. The average molecular weight is 223 g/mol. The molecule has 0 fully saturated rings. The average Bonchev–Trinajstić information content (AvgIpc) is 2.21.